The summed E-state index contributed by atoms with van der Waals surface area (Å²) in [6, 6.07) is 12.1. The second-order valence-corrected chi connectivity index (χ2v) is 6.24. The number of hydrogen-bond donors (Lipinski definition) is 0. The molecule has 1 unspecified atom stereocenters. The normalized spacial score (nSPS) is 10.6. The fourth-order valence-electron chi connectivity index (χ4n) is 2.27. The van der Waals surface area contributed by atoms with Gasteiger partial charge < -0.3 is 1.43 Å². The van der Waals surface area contributed by atoms with E-state index in [1.807, 2.05) is 44.2 Å². The molecular weight excluding hydrogens is 258 g/mol. The predicted octanol–water partition coefficient (Wildman–Crippen LogP) is 1.18. The molecule has 0 aliphatic heterocycles. The van der Waals surface area contributed by atoms with E-state index in [1.54, 1.807) is 0 Å². The fourth-order valence-corrected chi connectivity index (χ4v) is 3.39. The molecule has 0 heterocycles. The van der Waals surface area contributed by atoms with E-state index in [0.717, 1.165) is 22.0 Å². The molecule has 0 radical (unpaired) electrons. The molecule has 2 aromatic carbocycles. The predicted molar refractivity (Wildman–Crippen MR) is 85.2 cm³/mol. The maximum Gasteiger partial charge on any atom is 1.00 e. The van der Waals surface area contributed by atoms with E-state index < -0.39 is 0 Å². The van der Waals surface area contributed by atoms with Gasteiger partial charge in [-0.05, 0) is 63.8 Å². The fraction of sp³-hybridized carbons (Fsp3) is 0.235. The maximum absolute atomic E-state index is 12.6. The van der Waals surface area contributed by atoms with Crippen molar-refractivity contribution >= 4 is 19.4 Å². The molecule has 3 heteroatoms. The van der Waals surface area contributed by atoms with Crippen LogP contribution < -0.4 is 24.2 Å². The molecule has 1 nitrogen and oxygen atoms in total. The second-order valence-electron chi connectivity index (χ2n) is 4.96. The van der Waals surface area contributed by atoms with Gasteiger partial charge in [-0.1, -0.05) is 36.4 Å². The number of hydrogen-bond acceptors (Lipinski definition) is 1. The molecule has 0 amide bonds. The summed E-state index contributed by atoms with van der Waals surface area (Å²) in [6.45, 7) is 8.24. The molecule has 0 fully saturated rings. The molecule has 0 saturated heterocycles. The number of carbonyl (C=O) groups excluding carboxylic acids is 1. The van der Waals surface area contributed by atoms with Crippen molar-refractivity contribution in [3.05, 3.63) is 64.2 Å². The molecule has 0 bridgehead atoms. The molecule has 0 saturated carbocycles. The van der Waals surface area contributed by atoms with Crippen molar-refractivity contribution in [1.29, 1.82) is 0 Å². The molecule has 1 atom stereocenters. The third-order valence-corrected chi connectivity index (χ3v) is 4.72. The van der Waals surface area contributed by atoms with Crippen LogP contribution >= 0.6 is 8.58 Å². The van der Waals surface area contributed by atoms with Crippen molar-refractivity contribution in [2.45, 2.75) is 27.7 Å². The third-order valence-electron chi connectivity index (χ3n) is 3.62. The first-order valence-electron chi connectivity index (χ1n) is 6.44. The Morgan fingerprint density at radius 3 is 1.95 bits per heavy atom. The first kappa shape index (κ1) is 17.2. The molecule has 0 aliphatic rings. The van der Waals surface area contributed by atoms with Crippen LogP contribution in [0, 0.1) is 27.7 Å². The molecule has 20 heavy (non-hydrogen) atoms. The first-order chi connectivity index (χ1) is 9.00. The second kappa shape index (κ2) is 7.23. The van der Waals surface area contributed by atoms with E-state index in [4.69, 9.17) is 0 Å². The zero-order chi connectivity index (χ0) is 14.0. The van der Waals surface area contributed by atoms with E-state index in [2.05, 4.69) is 19.9 Å². The van der Waals surface area contributed by atoms with Crippen LogP contribution in [0.5, 0.6) is 0 Å². The average molecular weight is 278 g/mol. The summed E-state index contributed by atoms with van der Waals surface area (Å²) < 4.78 is 0. The van der Waals surface area contributed by atoms with Crippen LogP contribution in [-0.4, -0.2) is 5.52 Å². The monoisotopic (exact) mass is 278 g/mol. The largest absolute Gasteiger partial charge is 1.00 e. The van der Waals surface area contributed by atoms with Crippen LogP contribution in [0.1, 0.15) is 34.0 Å². The van der Waals surface area contributed by atoms with E-state index in [-0.39, 0.29) is 34.4 Å². The zero-order valence-electron chi connectivity index (χ0n) is 13.9. The van der Waals surface area contributed by atoms with Crippen LogP contribution in [0.3, 0.4) is 0 Å². The minimum Gasteiger partial charge on any atom is -1.00 e. The van der Waals surface area contributed by atoms with Gasteiger partial charge in [0.2, 0.25) is 0 Å². The van der Waals surface area contributed by atoms with Crippen LogP contribution in [0.25, 0.3) is 0 Å². The quantitative estimate of drug-likeness (QED) is 0.609. The van der Waals surface area contributed by atoms with Crippen molar-refractivity contribution in [3.8, 4) is 0 Å². The molecule has 100 valence electrons. The minimum atomic E-state index is 0. The zero-order valence-corrected chi connectivity index (χ0v) is 13.9. The van der Waals surface area contributed by atoms with Gasteiger partial charge in [0.25, 0.3) is 0 Å². The maximum atomic E-state index is 12.6. The number of rotatable bonds is 3. The Labute approximate surface area is 136 Å². The molecule has 0 aliphatic carbocycles. The van der Waals surface area contributed by atoms with Gasteiger partial charge in [0.15, 0.2) is 5.52 Å². The Hall–Kier alpha value is -0.863. The summed E-state index contributed by atoms with van der Waals surface area (Å²) in [6.07, 6.45) is 0. The average Bonchev–Trinajstić information content (AvgIpc) is 2.38. The summed E-state index contributed by atoms with van der Waals surface area (Å²) >= 11 is 0. The summed E-state index contributed by atoms with van der Waals surface area (Å²) in [7, 11) is 0.202. The number of benzene rings is 2. The Morgan fingerprint density at radius 1 is 0.950 bits per heavy atom. The van der Waals surface area contributed by atoms with Crippen molar-refractivity contribution < 1.29 is 25.1 Å². The Morgan fingerprint density at radius 2 is 1.45 bits per heavy atom. The van der Waals surface area contributed by atoms with Crippen molar-refractivity contribution in [3.63, 3.8) is 0 Å². The van der Waals surface area contributed by atoms with Crippen LogP contribution in [0.15, 0.2) is 36.4 Å². The topological polar surface area (TPSA) is 17.1 Å². The summed E-state index contributed by atoms with van der Waals surface area (Å²) in [5, 5.41) is 1.10. The SMILES string of the molecule is Cc1cc(C)c(C)c(C(=O)Pc2ccccc2)c1C.[H-].[Li+]. The van der Waals surface area contributed by atoms with Crippen LogP contribution in [0.2, 0.25) is 0 Å². The van der Waals surface area contributed by atoms with Crippen molar-refractivity contribution in [2.75, 3.05) is 0 Å². The standard InChI is InChI=1S/C17H19OP.Li.H/c1-11-10-12(2)14(4)16(13(11)3)17(18)19-15-8-6-5-7-9-15;;/h5-10,19H,1-4H3;;/q;+1;-1. The smallest absolute Gasteiger partial charge is 1.00 e. The van der Waals surface area contributed by atoms with Crippen molar-refractivity contribution in [1.82, 2.24) is 0 Å². The summed E-state index contributed by atoms with van der Waals surface area (Å²) in [5.74, 6) is 0. The van der Waals surface area contributed by atoms with Gasteiger partial charge in [-0.3, -0.25) is 4.79 Å². The molecule has 2 rings (SSSR count). The van der Waals surface area contributed by atoms with Gasteiger partial charge in [-0.2, -0.15) is 0 Å². The molecule has 0 aromatic heterocycles. The van der Waals surface area contributed by atoms with Gasteiger partial charge in [0, 0.05) is 5.56 Å². The molecule has 0 spiro atoms. The summed E-state index contributed by atoms with van der Waals surface area (Å²) in [5.41, 5.74) is 5.80. The Kier molecular flexibility index (Phi) is 6.22. The van der Waals surface area contributed by atoms with E-state index in [9.17, 15) is 4.79 Å². The van der Waals surface area contributed by atoms with Gasteiger partial charge in [-0.25, -0.2) is 0 Å². The van der Waals surface area contributed by atoms with Gasteiger partial charge in [-0.15, -0.1) is 0 Å². The van der Waals surface area contributed by atoms with Crippen LogP contribution in [-0.2, 0) is 0 Å². The van der Waals surface area contributed by atoms with Gasteiger partial charge >= 0.3 is 18.9 Å². The Balaban J connectivity index is 0.00000200. The van der Waals surface area contributed by atoms with E-state index in [1.165, 1.54) is 11.1 Å². The van der Waals surface area contributed by atoms with Gasteiger partial charge in [0.1, 0.15) is 0 Å². The first-order valence-corrected chi connectivity index (χ1v) is 7.44. The summed E-state index contributed by atoms with van der Waals surface area (Å²) in [4.78, 5) is 12.6. The van der Waals surface area contributed by atoms with E-state index in [0.29, 0.717) is 0 Å². The number of carbonyl (C=O) groups is 1. The van der Waals surface area contributed by atoms with Crippen LogP contribution in [0.4, 0.5) is 0 Å². The third kappa shape index (κ3) is 3.61. The molecule has 0 N–H and O–H groups in total. The Bertz CT molecular complexity index is 600. The molecular formula is C17H20LiOP. The van der Waals surface area contributed by atoms with Gasteiger partial charge in [0.05, 0.1) is 0 Å². The minimum absolute atomic E-state index is 0. The van der Waals surface area contributed by atoms with E-state index >= 15 is 0 Å². The molecule has 2 aromatic rings. The number of aryl methyl sites for hydroxylation is 2. The van der Waals surface area contributed by atoms with Crippen molar-refractivity contribution in [2.24, 2.45) is 0 Å².